The third-order valence-electron chi connectivity index (χ3n) is 3.49. The number of benzene rings is 1. The van der Waals surface area contributed by atoms with Gasteiger partial charge in [-0.2, -0.15) is 5.26 Å². The molecule has 0 radical (unpaired) electrons. The van der Waals surface area contributed by atoms with Gasteiger partial charge < -0.3 is 4.57 Å². The van der Waals surface area contributed by atoms with E-state index in [4.69, 9.17) is 10.2 Å². The molecule has 0 N–H and O–H groups in total. The predicted molar refractivity (Wildman–Crippen MR) is 81.9 cm³/mol. The zero-order chi connectivity index (χ0) is 14.8. The van der Waals surface area contributed by atoms with Crippen molar-refractivity contribution in [1.82, 2.24) is 14.5 Å². The predicted octanol–water partition coefficient (Wildman–Crippen LogP) is 3.47. The summed E-state index contributed by atoms with van der Waals surface area (Å²) in [6.07, 6.45) is 4.38. The topological polar surface area (TPSA) is 54.5 Å². The maximum Gasteiger partial charge on any atom is 0.114 e. The smallest absolute Gasteiger partial charge is 0.114 e. The standard InChI is InChI=1S/C17H16N4/c1-12(2)21-16-6-5-13(10-18)8-15(16)20-17(21)9-14-4-3-7-19-11-14/h3-8,11-12H,9H2,1-2H3. The van der Waals surface area contributed by atoms with E-state index in [1.54, 1.807) is 6.20 Å². The van der Waals surface area contributed by atoms with E-state index in [-0.39, 0.29) is 0 Å². The molecule has 2 aromatic heterocycles. The van der Waals surface area contributed by atoms with Crippen molar-refractivity contribution >= 4 is 11.0 Å². The minimum Gasteiger partial charge on any atom is -0.325 e. The highest BCUT2D eigenvalue weighted by atomic mass is 15.1. The third-order valence-corrected chi connectivity index (χ3v) is 3.49. The highest BCUT2D eigenvalue weighted by Gasteiger charge is 2.14. The maximum absolute atomic E-state index is 9.02. The number of fused-ring (bicyclic) bond motifs is 1. The van der Waals surface area contributed by atoms with E-state index in [2.05, 4.69) is 35.5 Å². The molecular weight excluding hydrogens is 260 g/mol. The van der Waals surface area contributed by atoms with Crippen molar-refractivity contribution in [2.24, 2.45) is 0 Å². The molecule has 0 aliphatic carbocycles. The van der Waals surface area contributed by atoms with Crippen LogP contribution in [0.2, 0.25) is 0 Å². The van der Waals surface area contributed by atoms with E-state index in [0.717, 1.165) is 28.8 Å². The first-order chi connectivity index (χ1) is 10.2. The average molecular weight is 276 g/mol. The van der Waals surface area contributed by atoms with Crippen LogP contribution in [0, 0.1) is 11.3 Å². The van der Waals surface area contributed by atoms with E-state index < -0.39 is 0 Å². The van der Waals surface area contributed by atoms with Crippen LogP contribution in [0.4, 0.5) is 0 Å². The molecule has 3 aromatic rings. The largest absolute Gasteiger partial charge is 0.325 e. The second-order valence-corrected chi connectivity index (χ2v) is 5.35. The van der Waals surface area contributed by atoms with Gasteiger partial charge in [0, 0.05) is 24.9 Å². The Hall–Kier alpha value is -2.67. The number of hydrogen-bond acceptors (Lipinski definition) is 3. The Morgan fingerprint density at radius 2 is 2.14 bits per heavy atom. The number of nitrogens with zero attached hydrogens (tertiary/aromatic N) is 4. The van der Waals surface area contributed by atoms with Crippen LogP contribution < -0.4 is 0 Å². The fourth-order valence-electron chi connectivity index (χ4n) is 2.60. The molecule has 0 aliphatic rings. The minimum atomic E-state index is 0.314. The van der Waals surface area contributed by atoms with Crippen LogP contribution in [0.1, 0.15) is 36.8 Å². The first-order valence-electron chi connectivity index (χ1n) is 6.99. The molecule has 0 atom stereocenters. The summed E-state index contributed by atoms with van der Waals surface area (Å²) < 4.78 is 2.23. The first kappa shape index (κ1) is 13.3. The molecule has 4 nitrogen and oxygen atoms in total. The van der Waals surface area contributed by atoms with Crippen LogP contribution in [0.5, 0.6) is 0 Å². The Labute approximate surface area is 123 Å². The van der Waals surface area contributed by atoms with Gasteiger partial charge >= 0.3 is 0 Å². The summed E-state index contributed by atoms with van der Waals surface area (Å²) in [7, 11) is 0. The summed E-state index contributed by atoms with van der Waals surface area (Å²) in [6, 6.07) is 12.1. The molecule has 0 bridgehead atoms. The highest BCUT2D eigenvalue weighted by Crippen LogP contribution is 2.23. The Morgan fingerprint density at radius 1 is 1.29 bits per heavy atom. The van der Waals surface area contributed by atoms with E-state index in [1.165, 1.54) is 0 Å². The SMILES string of the molecule is CC(C)n1c(Cc2cccnc2)nc2cc(C#N)ccc21. The van der Waals surface area contributed by atoms with Crippen molar-refractivity contribution in [2.75, 3.05) is 0 Å². The van der Waals surface area contributed by atoms with E-state index in [9.17, 15) is 0 Å². The molecule has 2 heterocycles. The van der Waals surface area contributed by atoms with Gasteiger partial charge in [-0.05, 0) is 43.7 Å². The molecule has 0 aliphatic heterocycles. The summed E-state index contributed by atoms with van der Waals surface area (Å²) in [5.41, 5.74) is 3.73. The molecule has 0 amide bonds. The van der Waals surface area contributed by atoms with Gasteiger partial charge in [0.2, 0.25) is 0 Å². The molecule has 4 heteroatoms. The van der Waals surface area contributed by atoms with Crippen LogP contribution in [-0.2, 0) is 6.42 Å². The van der Waals surface area contributed by atoms with Crippen molar-refractivity contribution in [3.8, 4) is 6.07 Å². The van der Waals surface area contributed by atoms with Crippen LogP contribution >= 0.6 is 0 Å². The van der Waals surface area contributed by atoms with Gasteiger partial charge in [0.05, 0.1) is 22.7 Å². The lowest BCUT2D eigenvalue weighted by atomic mass is 10.2. The molecule has 0 fully saturated rings. The second kappa shape index (κ2) is 5.37. The third kappa shape index (κ3) is 2.50. The van der Waals surface area contributed by atoms with E-state index in [0.29, 0.717) is 11.6 Å². The van der Waals surface area contributed by atoms with Gasteiger partial charge in [0.1, 0.15) is 5.82 Å². The minimum absolute atomic E-state index is 0.314. The van der Waals surface area contributed by atoms with Gasteiger partial charge in [0.15, 0.2) is 0 Å². The van der Waals surface area contributed by atoms with Crippen LogP contribution in [0.3, 0.4) is 0 Å². The van der Waals surface area contributed by atoms with Gasteiger partial charge in [-0.25, -0.2) is 4.98 Å². The summed E-state index contributed by atoms with van der Waals surface area (Å²) in [5.74, 6) is 1.00. The highest BCUT2D eigenvalue weighted by molar-refractivity contribution is 5.78. The number of aromatic nitrogens is 3. The van der Waals surface area contributed by atoms with Gasteiger partial charge in [-0.15, -0.1) is 0 Å². The van der Waals surface area contributed by atoms with Crippen molar-refractivity contribution in [2.45, 2.75) is 26.3 Å². The van der Waals surface area contributed by atoms with Crippen molar-refractivity contribution in [3.63, 3.8) is 0 Å². The Balaban J connectivity index is 2.13. The first-order valence-corrected chi connectivity index (χ1v) is 6.99. The van der Waals surface area contributed by atoms with Crippen molar-refractivity contribution < 1.29 is 0 Å². The molecule has 1 aromatic carbocycles. The molecule has 21 heavy (non-hydrogen) atoms. The van der Waals surface area contributed by atoms with Crippen LogP contribution in [0.15, 0.2) is 42.7 Å². The summed E-state index contributed by atoms with van der Waals surface area (Å²) in [6.45, 7) is 4.29. The van der Waals surface area contributed by atoms with Gasteiger partial charge in [0.25, 0.3) is 0 Å². The zero-order valence-corrected chi connectivity index (χ0v) is 12.1. The molecule has 0 spiro atoms. The molecule has 3 rings (SSSR count). The lowest BCUT2D eigenvalue weighted by Gasteiger charge is -2.13. The molecular formula is C17H16N4. The number of imidazole rings is 1. The quantitative estimate of drug-likeness (QED) is 0.736. The fourth-order valence-corrected chi connectivity index (χ4v) is 2.60. The van der Waals surface area contributed by atoms with Crippen molar-refractivity contribution in [3.05, 3.63) is 59.7 Å². The van der Waals surface area contributed by atoms with Crippen LogP contribution in [0.25, 0.3) is 11.0 Å². The molecule has 0 saturated heterocycles. The normalized spacial score (nSPS) is 11.0. The molecule has 0 saturated carbocycles. The summed E-state index contributed by atoms with van der Waals surface area (Å²) in [5, 5.41) is 9.02. The number of hydrogen-bond donors (Lipinski definition) is 0. The van der Waals surface area contributed by atoms with Crippen LogP contribution in [-0.4, -0.2) is 14.5 Å². The Bertz CT molecular complexity index is 810. The monoisotopic (exact) mass is 276 g/mol. The van der Waals surface area contributed by atoms with E-state index in [1.807, 2.05) is 30.5 Å². The van der Waals surface area contributed by atoms with Gasteiger partial charge in [-0.1, -0.05) is 6.07 Å². The summed E-state index contributed by atoms with van der Waals surface area (Å²) in [4.78, 5) is 8.88. The average Bonchev–Trinajstić information content (AvgIpc) is 2.85. The number of rotatable bonds is 3. The fraction of sp³-hybridized carbons (Fsp3) is 0.235. The Morgan fingerprint density at radius 3 is 2.81 bits per heavy atom. The maximum atomic E-state index is 9.02. The lowest BCUT2D eigenvalue weighted by molar-refractivity contribution is 0.591. The molecule has 0 unspecified atom stereocenters. The second-order valence-electron chi connectivity index (χ2n) is 5.35. The van der Waals surface area contributed by atoms with Gasteiger partial charge in [-0.3, -0.25) is 4.98 Å². The van der Waals surface area contributed by atoms with E-state index >= 15 is 0 Å². The lowest BCUT2D eigenvalue weighted by Crippen LogP contribution is -2.07. The van der Waals surface area contributed by atoms with Crippen molar-refractivity contribution in [1.29, 1.82) is 5.26 Å². The summed E-state index contributed by atoms with van der Waals surface area (Å²) >= 11 is 0. The number of nitriles is 1. The zero-order valence-electron chi connectivity index (χ0n) is 12.1. The number of pyridine rings is 1. The Kier molecular flexibility index (Phi) is 3.41. The molecule has 104 valence electrons.